The van der Waals surface area contributed by atoms with Gasteiger partial charge in [-0.2, -0.15) is 0 Å². The first kappa shape index (κ1) is 15.1. The summed E-state index contributed by atoms with van der Waals surface area (Å²) in [6.45, 7) is 4.55. The number of rotatable bonds is 8. The van der Waals surface area contributed by atoms with Gasteiger partial charge in [-0.3, -0.25) is 0 Å². The van der Waals surface area contributed by atoms with Crippen molar-refractivity contribution in [2.75, 3.05) is 0 Å². The van der Waals surface area contributed by atoms with Crippen LogP contribution in [0, 0.1) is 0 Å². The standard InChI is InChI=1S/C11H24.Li.H/c1-3-5-7-9-11-10-8-6-4-2;;/h3-11H2,1-2H3;;/q;+1;-1. The Hall–Kier alpha value is 0.597. The molecule has 0 heterocycles. The van der Waals surface area contributed by atoms with Gasteiger partial charge in [0.1, 0.15) is 0 Å². The summed E-state index contributed by atoms with van der Waals surface area (Å²) in [6, 6.07) is 0. The van der Waals surface area contributed by atoms with Gasteiger partial charge >= 0.3 is 18.9 Å². The van der Waals surface area contributed by atoms with E-state index in [4.69, 9.17) is 0 Å². The minimum Gasteiger partial charge on any atom is -1.00 e. The third kappa shape index (κ3) is 13.2. The van der Waals surface area contributed by atoms with E-state index < -0.39 is 0 Å². The van der Waals surface area contributed by atoms with Gasteiger partial charge in [-0.25, -0.2) is 0 Å². The molecule has 0 fully saturated rings. The Kier molecular flexibility index (Phi) is 17.8. The van der Waals surface area contributed by atoms with Gasteiger partial charge in [-0.1, -0.05) is 71.6 Å². The molecule has 0 radical (unpaired) electrons. The Balaban J connectivity index is -0.000000500. The molecule has 0 rings (SSSR count). The average Bonchev–Trinajstić information content (AvgIpc) is 2.03. The first-order chi connectivity index (χ1) is 5.41. The first-order valence-corrected chi connectivity index (χ1v) is 5.41. The van der Waals surface area contributed by atoms with Crippen LogP contribution in [0.3, 0.4) is 0 Å². The molecule has 0 aliphatic carbocycles. The topological polar surface area (TPSA) is 0 Å². The molecule has 0 aliphatic heterocycles. The van der Waals surface area contributed by atoms with Crippen molar-refractivity contribution < 1.29 is 20.3 Å². The summed E-state index contributed by atoms with van der Waals surface area (Å²) in [6.07, 6.45) is 13.0. The Labute approximate surface area is 92.2 Å². The van der Waals surface area contributed by atoms with Gasteiger partial charge in [0.25, 0.3) is 0 Å². The third-order valence-corrected chi connectivity index (χ3v) is 2.21. The predicted octanol–water partition coefficient (Wildman–Crippen LogP) is 1.65. The Morgan fingerprint density at radius 1 is 0.583 bits per heavy atom. The second-order valence-electron chi connectivity index (χ2n) is 3.47. The fraction of sp³-hybridized carbons (Fsp3) is 1.00. The quantitative estimate of drug-likeness (QED) is 0.378. The Morgan fingerprint density at radius 2 is 0.833 bits per heavy atom. The SMILES string of the molecule is CCCCCCCCCCC.[H-].[Li+]. The molecule has 1 heteroatoms. The van der Waals surface area contributed by atoms with Crippen LogP contribution in [0.15, 0.2) is 0 Å². The molecule has 0 nitrogen and oxygen atoms in total. The van der Waals surface area contributed by atoms with Crippen molar-refractivity contribution in [3.8, 4) is 0 Å². The van der Waals surface area contributed by atoms with Gasteiger partial charge < -0.3 is 1.43 Å². The molecule has 0 saturated heterocycles. The van der Waals surface area contributed by atoms with E-state index in [1.165, 1.54) is 57.8 Å². The molecule has 0 bridgehead atoms. The van der Waals surface area contributed by atoms with E-state index in [9.17, 15) is 0 Å². The van der Waals surface area contributed by atoms with Crippen LogP contribution >= 0.6 is 0 Å². The Morgan fingerprint density at radius 3 is 1.08 bits per heavy atom. The van der Waals surface area contributed by atoms with Gasteiger partial charge in [0.15, 0.2) is 0 Å². The normalized spacial score (nSPS) is 9.50. The molecule has 0 amide bonds. The molecule has 0 aromatic carbocycles. The van der Waals surface area contributed by atoms with Crippen molar-refractivity contribution in [2.24, 2.45) is 0 Å². The van der Waals surface area contributed by atoms with Crippen LogP contribution in [0.25, 0.3) is 0 Å². The molecule has 0 N–H and O–H groups in total. The molecule has 0 aliphatic rings. The monoisotopic (exact) mass is 164 g/mol. The summed E-state index contributed by atoms with van der Waals surface area (Å²) in [4.78, 5) is 0. The van der Waals surface area contributed by atoms with Crippen LogP contribution in [0.5, 0.6) is 0 Å². The fourth-order valence-corrected chi connectivity index (χ4v) is 1.38. The summed E-state index contributed by atoms with van der Waals surface area (Å²) < 4.78 is 0. The number of hydrogen-bond donors (Lipinski definition) is 0. The number of hydrogen-bond acceptors (Lipinski definition) is 0. The summed E-state index contributed by atoms with van der Waals surface area (Å²) in [5.74, 6) is 0. The van der Waals surface area contributed by atoms with Crippen LogP contribution in [-0.2, 0) is 0 Å². The second kappa shape index (κ2) is 14.1. The van der Waals surface area contributed by atoms with E-state index in [0.29, 0.717) is 0 Å². The van der Waals surface area contributed by atoms with Crippen molar-refractivity contribution in [3.63, 3.8) is 0 Å². The first-order valence-electron chi connectivity index (χ1n) is 5.41. The zero-order valence-corrected chi connectivity index (χ0v) is 9.36. The summed E-state index contributed by atoms with van der Waals surface area (Å²) in [7, 11) is 0. The molecular formula is C11H25Li. The van der Waals surface area contributed by atoms with Crippen LogP contribution in [0.4, 0.5) is 0 Å². The van der Waals surface area contributed by atoms with Crippen LogP contribution in [0.1, 0.15) is 73.1 Å². The molecule has 0 saturated carbocycles. The van der Waals surface area contributed by atoms with E-state index >= 15 is 0 Å². The van der Waals surface area contributed by atoms with Crippen molar-refractivity contribution in [1.29, 1.82) is 0 Å². The van der Waals surface area contributed by atoms with E-state index in [1.54, 1.807) is 0 Å². The van der Waals surface area contributed by atoms with Crippen LogP contribution in [0.2, 0.25) is 0 Å². The van der Waals surface area contributed by atoms with Crippen molar-refractivity contribution in [1.82, 2.24) is 0 Å². The molecule has 0 atom stereocenters. The average molecular weight is 164 g/mol. The van der Waals surface area contributed by atoms with Crippen molar-refractivity contribution in [3.05, 3.63) is 0 Å². The van der Waals surface area contributed by atoms with Gasteiger partial charge in [0.2, 0.25) is 0 Å². The van der Waals surface area contributed by atoms with E-state index in [-0.39, 0.29) is 20.3 Å². The molecular weight excluding hydrogens is 139 g/mol. The maximum atomic E-state index is 2.27. The maximum Gasteiger partial charge on any atom is 1.00 e. The second-order valence-corrected chi connectivity index (χ2v) is 3.47. The minimum atomic E-state index is 0. The largest absolute Gasteiger partial charge is 1.00 e. The predicted molar refractivity (Wildman–Crippen MR) is 54.0 cm³/mol. The minimum absolute atomic E-state index is 0. The molecule has 12 heavy (non-hydrogen) atoms. The van der Waals surface area contributed by atoms with Crippen molar-refractivity contribution in [2.45, 2.75) is 71.6 Å². The van der Waals surface area contributed by atoms with Gasteiger partial charge in [0, 0.05) is 0 Å². The molecule has 0 aromatic heterocycles. The van der Waals surface area contributed by atoms with Gasteiger partial charge in [-0.05, 0) is 0 Å². The number of unbranched alkanes of at least 4 members (excludes halogenated alkanes) is 8. The van der Waals surface area contributed by atoms with Crippen LogP contribution in [-0.4, -0.2) is 0 Å². The summed E-state index contributed by atoms with van der Waals surface area (Å²) in [5, 5.41) is 0. The van der Waals surface area contributed by atoms with E-state index in [1.807, 2.05) is 0 Å². The van der Waals surface area contributed by atoms with Crippen LogP contribution < -0.4 is 18.9 Å². The summed E-state index contributed by atoms with van der Waals surface area (Å²) >= 11 is 0. The smallest absolute Gasteiger partial charge is 1.00 e. The van der Waals surface area contributed by atoms with E-state index in [0.717, 1.165) is 0 Å². The molecule has 0 aromatic rings. The maximum absolute atomic E-state index is 2.27. The molecule has 70 valence electrons. The fourth-order valence-electron chi connectivity index (χ4n) is 1.38. The molecule has 0 spiro atoms. The zero-order valence-electron chi connectivity index (χ0n) is 10.4. The van der Waals surface area contributed by atoms with E-state index in [2.05, 4.69) is 13.8 Å². The molecule has 0 unspecified atom stereocenters. The third-order valence-electron chi connectivity index (χ3n) is 2.21. The zero-order chi connectivity index (χ0) is 8.36. The summed E-state index contributed by atoms with van der Waals surface area (Å²) in [5.41, 5.74) is 0. The Bertz CT molecular complexity index is 59.1. The van der Waals surface area contributed by atoms with Gasteiger partial charge in [0.05, 0.1) is 0 Å². The van der Waals surface area contributed by atoms with Gasteiger partial charge in [-0.15, -0.1) is 0 Å². The van der Waals surface area contributed by atoms with Crippen molar-refractivity contribution >= 4 is 0 Å².